The van der Waals surface area contributed by atoms with Crippen molar-refractivity contribution in [2.45, 2.75) is 0 Å². The van der Waals surface area contributed by atoms with E-state index >= 15 is 0 Å². The summed E-state index contributed by atoms with van der Waals surface area (Å²) in [5, 5.41) is 14.9. The summed E-state index contributed by atoms with van der Waals surface area (Å²) < 4.78 is 0.989. The molecule has 1 aliphatic rings. The number of rotatable bonds is 2. The van der Waals surface area contributed by atoms with Gasteiger partial charge in [0.1, 0.15) is 17.5 Å². The second-order valence-electron chi connectivity index (χ2n) is 4.82. The minimum absolute atomic E-state index is 0.111. The van der Waals surface area contributed by atoms with Gasteiger partial charge in [0.25, 0.3) is 5.91 Å². The van der Waals surface area contributed by atoms with E-state index in [0.29, 0.717) is 16.8 Å². The van der Waals surface area contributed by atoms with Crippen LogP contribution in [0.1, 0.15) is 20.7 Å². The van der Waals surface area contributed by atoms with Gasteiger partial charge in [0, 0.05) is 9.13 Å². The fourth-order valence-corrected chi connectivity index (χ4v) is 2.59. The van der Waals surface area contributed by atoms with Crippen LogP contribution in [0.5, 0.6) is 0 Å². The average Bonchev–Trinajstić information content (AvgIpc) is 2.56. The minimum atomic E-state index is -0.439. The zero-order chi connectivity index (χ0) is 16.4. The zero-order valence-corrected chi connectivity index (χ0v) is 13.9. The first-order valence-electron chi connectivity index (χ1n) is 6.72. The van der Waals surface area contributed by atoms with Crippen molar-refractivity contribution in [2.75, 3.05) is 5.32 Å². The number of hydrogen-bond donors (Lipinski definition) is 2. The van der Waals surface area contributed by atoms with Gasteiger partial charge in [-0.3, -0.25) is 9.59 Å². The molecule has 1 aliphatic heterocycles. The lowest BCUT2D eigenvalue weighted by Gasteiger charge is -2.21. The molecule has 0 saturated heterocycles. The molecule has 2 N–H and O–H groups in total. The van der Waals surface area contributed by atoms with Crippen molar-refractivity contribution in [1.82, 2.24) is 5.32 Å². The van der Waals surface area contributed by atoms with Crippen LogP contribution in [0.2, 0.25) is 0 Å². The molecular formula is C17H10IN3O2. The van der Waals surface area contributed by atoms with Crippen molar-refractivity contribution in [3.05, 3.63) is 74.6 Å². The summed E-state index contributed by atoms with van der Waals surface area (Å²) in [6.07, 6.45) is 0. The van der Waals surface area contributed by atoms with Gasteiger partial charge in [-0.05, 0) is 59.0 Å². The molecule has 0 atom stereocenters. The molecule has 2 aromatic rings. The number of carbonyl (C=O) groups excluding carboxylic acids is 2. The normalized spacial score (nSPS) is 14.9. The molecule has 0 unspecified atom stereocenters. The summed E-state index contributed by atoms with van der Waals surface area (Å²) >= 11 is 2.14. The number of ketones is 1. The topological polar surface area (TPSA) is 82.0 Å². The van der Waals surface area contributed by atoms with Crippen LogP contribution in [0.3, 0.4) is 0 Å². The van der Waals surface area contributed by atoms with Crippen LogP contribution in [-0.2, 0) is 0 Å². The number of Topliss-reactive ketones (excluding diaryl/α,β-unsaturated/α-hetero) is 1. The van der Waals surface area contributed by atoms with E-state index in [4.69, 9.17) is 0 Å². The Labute approximate surface area is 146 Å². The molecule has 0 fully saturated rings. The lowest BCUT2D eigenvalue weighted by Crippen LogP contribution is -2.34. The number of halogens is 1. The maximum absolute atomic E-state index is 12.5. The molecule has 2 aromatic carbocycles. The number of nitrogens with one attached hydrogen (secondary N) is 2. The third-order valence-corrected chi connectivity index (χ3v) is 4.08. The Morgan fingerprint density at radius 1 is 1.04 bits per heavy atom. The third-order valence-electron chi connectivity index (χ3n) is 3.37. The first-order valence-corrected chi connectivity index (χ1v) is 7.80. The van der Waals surface area contributed by atoms with E-state index < -0.39 is 5.78 Å². The smallest absolute Gasteiger partial charge is 0.258 e. The molecular weight excluding hydrogens is 405 g/mol. The van der Waals surface area contributed by atoms with E-state index in [1.54, 1.807) is 48.5 Å². The molecule has 0 radical (unpaired) electrons. The lowest BCUT2D eigenvalue weighted by atomic mass is 10.0. The summed E-state index contributed by atoms with van der Waals surface area (Å²) in [5.41, 5.74) is 1.29. The number of amides is 1. The van der Waals surface area contributed by atoms with Crippen LogP contribution >= 0.6 is 22.6 Å². The number of fused-ring (bicyclic) bond motifs is 1. The largest absolute Gasteiger partial charge is 0.340 e. The molecule has 23 heavy (non-hydrogen) atoms. The van der Waals surface area contributed by atoms with E-state index in [1.807, 2.05) is 6.07 Å². The summed E-state index contributed by atoms with van der Waals surface area (Å²) in [6.45, 7) is 0. The molecule has 1 amide bonds. The van der Waals surface area contributed by atoms with Gasteiger partial charge >= 0.3 is 0 Å². The standard InChI is InChI=1S/C17H10IN3O2/c18-11-7-5-10(6-8-11)15(22)13(9-19)16-20-14-4-2-1-3-12(14)17(23)21-16/h1-8,20H,(H,21,23)/b16-13+. The molecule has 0 saturated carbocycles. The van der Waals surface area contributed by atoms with Crippen molar-refractivity contribution in [3.8, 4) is 6.07 Å². The Hall–Kier alpha value is -2.66. The van der Waals surface area contributed by atoms with Crippen molar-refractivity contribution in [2.24, 2.45) is 0 Å². The molecule has 0 bridgehead atoms. The zero-order valence-electron chi connectivity index (χ0n) is 11.8. The maximum Gasteiger partial charge on any atom is 0.258 e. The highest BCUT2D eigenvalue weighted by atomic mass is 127. The Balaban J connectivity index is 2.02. The number of carbonyl (C=O) groups is 2. The van der Waals surface area contributed by atoms with Gasteiger partial charge in [0.15, 0.2) is 0 Å². The fourth-order valence-electron chi connectivity index (χ4n) is 2.23. The molecule has 3 rings (SSSR count). The number of allylic oxidation sites excluding steroid dienone is 1. The molecule has 5 nitrogen and oxygen atoms in total. The molecule has 6 heteroatoms. The summed E-state index contributed by atoms with van der Waals surface area (Å²) in [7, 11) is 0. The highest BCUT2D eigenvalue weighted by Gasteiger charge is 2.25. The highest BCUT2D eigenvalue weighted by molar-refractivity contribution is 14.1. The predicted molar refractivity (Wildman–Crippen MR) is 93.7 cm³/mol. The fraction of sp³-hybridized carbons (Fsp3) is 0. The number of benzene rings is 2. The van der Waals surface area contributed by atoms with Gasteiger partial charge in [-0.1, -0.05) is 12.1 Å². The van der Waals surface area contributed by atoms with Crippen molar-refractivity contribution >= 4 is 40.0 Å². The number of nitriles is 1. The molecule has 112 valence electrons. The van der Waals surface area contributed by atoms with Crippen LogP contribution in [-0.4, -0.2) is 11.7 Å². The number of nitrogens with zero attached hydrogens (tertiary/aromatic N) is 1. The first kappa shape index (κ1) is 15.2. The van der Waals surface area contributed by atoms with E-state index in [-0.39, 0.29) is 17.3 Å². The van der Waals surface area contributed by atoms with E-state index in [2.05, 4.69) is 33.2 Å². The van der Waals surface area contributed by atoms with E-state index in [0.717, 1.165) is 3.57 Å². The van der Waals surface area contributed by atoms with Crippen molar-refractivity contribution in [3.63, 3.8) is 0 Å². The van der Waals surface area contributed by atoms with Crippen molar-refractivity contribution in [1.29, 1.82) is 5.26 Å². The van der Waals surface area contributed by atoms with Crippen LogP contribution in [0.4, 0.5) is 5.69 Å². The first-order chi connectivity index (χ1) is 11.1. The van der Waals surface area contributed by atoms with E-state index in [1.165, 1.54) is 0 Å². The van der Waals surface area contributed by atoms with Gasteiger partial charge < -0.3 is 10.6 Å². The predicted octanol–water partition coefficient (Wildman–Crippen LogP) is 3.06. The number of para-hydroxylation sites is 1. The summed E-state index contributed by atoms with van der Waals surface area (Å²) in [6, 6.07) is 15.7. The summed E-state index contributed by atoms with van der Waals surface area (Å²) in [4.78, 5) is 24.6. The molecule has 0 aromatic heterocycles. The molecule has 0 aliphatic carbocycles. The molecule has 0 spiro atoms. The Kier molecular flexibility index (Phi) is 4.12. The Morgan fingerprint density at radius 2 is 1.74 bits per heavy atom. The van der Waals surface area contributed by atoms with Gasteiger partial charge in [0.2, 0.25) is 5.78 Å². The Morgan fingerprint density at radius 3 is 2.43 bits per heavy atom. The van der Waals surface area contributed by atoms with Crippen LogP contribution < -0.4 is 10.6 Å². The van der Waals surface area contributed by atoms with Gasteiger partial charge in [0.05, 0.1) is 11.3 Å². The van der Waals surface area contributed by atoms with Crippen LogP contribution in [0.15, 0.2) is 59.9 Å². The van der Waals surface area contributed by atoms with E-state index in [9.17, 15) is 14.9 Å². The number of hydrogen-bond acceptors (Lipinski definition) is 4. The van der Waals surface area contributed by atoms with Crippen LogP contribution in [0.25, 0.3) is 0 Å². The minimum Gasteiger partial charge on any atom is -0.340 e. The third kappa shape index (κ3) is 2.96. The second kappa shape index (κ2) is 6.22. The van der Waals surface area contributed by atoms with Gasteiger partial charge in [-0.2, -0.15) is 5.26 Å². The molecule has 1 heterocycles. The monoisotopic (exact) mass is 415 g/mol. The number of anilines is 1. The average molecular weight is 415 g/mol. The van der Waals surface area contributed by atoms with Crippen LogP contribution in [0, 0.1) is 14.9 Å². The Bertz CT molecular complexity index is 879. The van der Waals surface area contributed by atoms with Gasteiger partial charge in [-0.25, -0.2) is 0 Å². The maximum atomic E-state index is 12.5. The second-order valence-corrected chi connectivity index (χ2v) is 6.07. The van der Waals surface area contributed by atoms with Crippen molar-refractivity contribution < 1.29 is 9.59 Å². The quantitative estimate of drug-likeness (QED) is 0.342. The highest BCUT2D eigenvalue weighted by Crippen LogP contribution is 2.23. The SMILES string of the molecule is N#C/C(C(=O)c1ccc(I)cc1)=C1\NC(=O)c2ccccc2N1. The lowest BCUT2D eigenvalue weighted by molar-refractivity contribution is 0.0963. The van der Waals surface area contributed by atoms with Gasteiger partial charge in [-0.15, -0.1) is 0 Å². The summed E-state index contributed by atoms with van der Waals surface area (Å²) in [5.74, 6) is -0.677.